The molecule has 0 bridgehead atoms. The summed E-state index contributed by atoms with van der Waals surface area (Å²) >= 11 is 3.46. The van der Waals surface area contributed by atoms with Gasteiger partial charge in [-0.05, 0) is 57.0 Å². The second kappa shape index (κ2) is 8.53. The number of amides is 1. The lowest BCUT2D eigenvalue weighted by Gasteiger charge is -2.32. The average Bonchev–Trinajstić information content (AvgIpc) is 2.53. The summed E-state index contributed by atoms with van der Waals surface area (Å²) in [6.45, 7) is 2.82. The molecule has 0 aliphatic carbocycles. The molecule has 4 nitrogen and oxygen atoms in total. The van der Waals surface area contributed by atoms with E-state index in [0.717, 1.165) is 54.2 Å². The summed E-state index contributed by atoms with van der Waals surface area (Å²) in [5.41, 5.74) is 0.944. The van der Waals surface area contributed by atoms with Crippen LogP contribution < -0.4 is 10.1 Å². The monoisotopic (exact) mass is 368 g/mol. The van der Waals surface area contributed by atoms with Crippen molar-refractivity contribution in [1.82, 2.24) is 10.2 Å². The number of hydrogen-bond acceptors (Lipinski definition) is 3. The molecule has 1 saturated heterocycles. The number of benzene rings is 1. The molecule has 0 saturated carbocycles. The summed E-state index contributed by atoms with van der Waals surface area (Å²) < 4.78 is 6.33. The first-order chi connectivity index (χ1) is 10.6. The lowest BCUT2D eigenvalue weighted by Crippen LogP contribution is -2.39. The SMILES string of the molecule is CNCCC1CCN(C(=O)Cc2cc(Br)ccc2OC)CC1. The smallest absolute Gasteiger partial charge is 0.227 e. The molecule has 1 aromatic rings. The Balaban J connectivity index is 1.90. The molecule has 1 heterocycles. The molecule has 0 spiro atoms. The van der Waals surface area contributed by atoms with Crippen molar-refractivity contribution < 1.29 is 9.53 Å². The molecular formula is C17H25BrN2O2. The zero-order valence-electron chi connectivity index (χ0n) is 13.4. The van der Waals surface area contributed by atoms with E-state index in [0.29, 0.717) is 6.42 Å². The Bertz CT molecular complexity index is 499. The molecule has 1 aliphatic rings. The molecule has 0 aromatic heterocycles. The number of nitrogens with zero attached hydrogens (tertiary/aromatic N) is 1. The van der Waals surface area contributed by atoms with Gasteiger partial charge in [-0.25, -0.2) is 0 Å². The quantitative estimate of drug-likeness (QED) is 0.839. The summed E-state index contributed by atoms with van der Waals surface area (Å²) in [6, 6.07) is 5.80. The number of hydrogen-bond donors (Lipinski definition) is 1. The van der Waals surface area contributed by atoms with Gasteiger partial charge in [0.1, 0.15) is 5.75 Å². The van der Waals surface area contributed by atoms with Crippen LogP contribution in [0.3, 0.4) is 0 Å². The van der Waals surface area contributed by atoms with Crippen LogP contribution in [-0.2, 0) is 11.2 Å². The first-order valence-electron chi connectivity index (χ1n) is 7.88. The van der Waals surface area contributed by atoms with Crippen molar-refractivity contribution in [1.29, 1.82) is 0 Å². The Morgan fingerprint density at radius 2 is 2.14 bits per heavy atom. The summed E-state index contributed by atoms with van der Waals surface area (Å²) in [7, 11) is 3.63. The fraction of sp³-hybridized carbons (Fsp3) is 0.588. The van der Waals surface area contributed by atoms with Gasteiger partial charge in [0, 0.05) is 23.1 Å². The van der Waals surface area contributed by atoms with Crippen LogP contribution >= 0.6 is 15.9 Å². The van der Waals surface area contributed by atoms with Crippen LogP contribution in [0.1, 0.15) is 24.8 Å². The Morgan fingerprint density at radius 3 is 2.77 bits per heavy atom. The minimum Gasteiger partial charge on any atom is -0.496 e. The maximum absolute atomic E-state index is 12.5. The van der Waals surface area contributed by atoms with Crippen LogP contribution in [0.4, 0.5) is 0 Å². The molecule has 0 radical (unpaired) electrons. The van der Waals surface area contributed by atoms with Crippen molar-refractivity contribution in [2.45, 2.75) is 25.7 Å². The molecular weight excluding hydrogens is 344 g/mol. The third kappa shape index (κ3) is 4.71. The first-order valence-corrected chi connectivity index (χ1v) is 8.68. The molecule has 1 fully saturated rings. The number of likely N-dealkylation sites (tertiary alicyclic amines) is 1. The number of methoxy groups -OCH3 is 1. The van der Waals surface area contributed by atoms with Gasteiger partial charge >= 0.3 is 0 Å². The van der Waals surface area contributed by atoms with Gasteiger partial charge in [-0.1, -0.05) is 15.9 Å². The summed E-state index contributed by atoms with van der Waals surface area (Å²) in [5.74, 6) is 1.72. The molecule has 0 atom stereocenters. The summed E-state index contributed by atoms with van der Waals surface area (Å²) in [4.78, 5) is 14.5. The molecule has 5 heteroatoms. The standard InChI is InChI=1S/C17H25BrN2O2/c1-19-8-5-13-6-9-20(10-7-13)17(21)12-14-11-15(18)3-4-16(14)22-2/h3-4,11,13,19H,5-10,12H2,1-2H3. The molecule has 2 rings (SSSR count). The highest BCUT2D eigenvalue weighted by Crippen LogP contribution is 2.25. The minimum atomic E-state index is 0.198. The molecule has 1 N–H and O–H groups in total. The maximum Gasteiger partial charge on any atom is 0.227 e. The zero-order valence-corrected chi connectivity index (χ0v) is 15.0. The lowest BCUT2D eigenvalue weighted by atomic mass is 9.93. The van der Waals surface area contributed by atoms with Gasteiger partial charge in [-0.15, -0.1) is 0 Å². The third-order valence-electron chi connectivity index (χ3n) is 4.35. The van der Waals surface area contributed by atoms with E-state index in [-0.39, 0.29) is 5.91 Å². The van der Waals surface area contributed by atoms with Crippen LogP contribution in [-0.4, -0.2) is 44.6 Å². The van der Waals surface area contributed by atoms with E-state index in [9.17, 15) is 4.79 Å². The van der Waals surface area contributed by atoms with Gasteiger partial charge in [-0.2, -0.15) is 0 Å². The summed E-state index contributed by atoms with van der Waals surface area (Å²) in [5, 5.41) is 3.20. The van der Waals surface area contributed by atoms with Crippen molar-refractivity contribution in [3.05, 3.63) is 28.2 Å². The van der Waals surface area contributed by atoms with E-state index in [2.05, 4.69) is 21.2 Å². The number of carbonyl (C=O) groups is 1. The Hall–Kier alpha value is -1.07. The highest BCUT2D eigenvalue weighted by Gasteiger charge is 2.23. The fourth-order valence-electron chi connectivity index (χ4n) is 2.98. The minimum absolute atomic E-state index is 0.198. The Morgan fingerprint density at radius 1 is 1.41 bits per heavy atom. The maximum atomic E-state index is 12.5. The van der Waals surface area contributed by atoms with E-state index in [1.54, 1.807) is 7.11 Å². The van der Waals surface area contributed by atoms with Crippen molar-refractivity contribution in [2.24, 2.45) is 5.92 Å². The van der Waals surface area contributed by atoms with Gasteiger partial charge in [0.05, 0.1) is 13.5 Å². The number of halogens is 1. The van der Waals surface area contributed by atoms with E-state index in [1.807, 2.05) is 30.1 Å². The number of rotatable bonds is 6. The molecule has 22 heavy (non-hydrogen) atoms. The molecule has 1 aromatic carbocycles. The van der Waals surface area contributed by atoms with Gasteiger partial charge in [0.25, 0.3) is 0 Å². The molecule has 0 unspecified atom stereocenters. The number of ether oxygens (including phenoxy) is 1. The highest BCUT2D eigenvalue weighted by atomic mass is 79.9. The predicted octanol–water partition coefficient (Wildman–Crippen LogP) is 2.85. The van der Waals surface area contributed by atoms with Crippen LogP contribution in [0.15, 0.2) is 22.7 Å². The number of piperidine rings is 1. The molecule has 122 valence electrons. The van der Waals surface area contributed by atoms with Gasteiger partial charge in [-0.3, -0.25) is 4.79 Å². The highest BCUT2D eigenvalue weighted by molar-refractivity contribution is 9.10. The molecule has 1 aliphatic heterocycles. The first kappa shape index (κ1) is 17.3. The van der Waals surface area contributed by atoms with Crippen molar-refractivity contribution in [3.8, 4) is 5.75 Å². The van der Waals surface area contributed by atoms with E-state index < -0.39 is 0 Å². The second-order valence-electron chi connectivity index (χ2n) is 5.85. The number of nitrogens with one attached hydrogen (secondary N) is 1. The largest absolute Gasteiger partial charge is 0.496 e. The normalized spacial score (nSPS) is 15.9. The van der Waals surface area contributed by atoms with E-state index in [1.165, 1.54) is 6.42 Å². The van der Waals surface area contributed by atoms with Gasteiger partial charge < -0.3 is 15.0 Å². The topological polar surface area (TPSA) is 41.6 Å². The van der Waals surface area contributed by atoms with Crippen LogP contribution in [0.2, 0.25) is 0 Å². The zero-order chi connectivity index (χ0) is 15.9. The predicted molar refractivity (Wildman–Crippen MR) is 92.2 cm³/mol. The Labute approximate surface area is 141 Å². The van der Waals surface area contributed by atoms with Crippen molar-refractivity contribution in [3.63, 3.8) is 0 Å². The van der Waals surface area contributed by atoms with Gasteiger partial charge in [0.2, 0.25) is 5.91 Å². The van der Waals surface area contributed by atoms with Crippen molar-refractivity contribution in [2.75, 3.05) is 33.8 Å². The van der Waals surface area contributed by atoms with E-state index in [4.69, 9.17) is 4.74 Å². The van der Waals surface area contributed by atoms with Gasteiger partial charge in [0.15, 0.2) is 0 Å². The van der Waals surface area contributed by atoms with E-state index >= 15 is 0 Å². The van der Waals surface area contributed by atoms with Crippen molar-refractivity contribution >= 4 is 21.8 Å². The second-order valence-corrected chi connectivity index (χ2v) is 6.77. The fourth-order valence-corrected chi connectivity index (χ4v) is 3.39. The molecule has 1 amide bonds. The van der Waals surface area contributed by atoms with Crippen LogP contribution in [0.25, 0.3) is 0 Å². The average molecular weight is 369 g/mol. The van der Waals surface area contributed by atoms with Crippen LogP contribution in [0.5, 0.6) is 5.75 Å². The summed E-state index contributed by atoms with van der Waals surface area (Å²) in [6.07, 6.45) is 3.84. The third-order valence-corrected chi connectivity index (χ3v) is 4.85. The lowest BCUT2D eigenvalue weighted by molar-refractivity contribution is -0.131. The van der Waals surface area contributed by atoms with Crippen LogP contribution in [0, 0.1) is 5.92 Å². The number of carbonyl (C=O) groups excluding carboxylic acids is 1. The Kier molecular flexibility index (Phi) is 6.70.